The maximum atomic E-state index is 5.26. The van der Waals surface area contributed by atoms with Crippen LogP contribution >= 0.6 is 0 Å². The van der Waals surface area contributed by atoms with E-state index in [1.165, 1.54) is 25.7 Å². The Hall–Kier alpha value is -2.56. The molecule has 0 fully saturated rings. The number of allylic oxidation sites excluding steroid dienone is 1. The Morgan fingerprint density at radius 3 is 2.80 bits per heavy atom. The van der Waals surface area contributed by atoms with Gasteiger partial charge in [-0.25, -0.2) is 9.97 Å². The lowest BCUT2D eigenvalue weighted by Gasteiger charge is -2.14. The summed E-state index contributed by atoms with van der Waals surface area (Å²) in [6, 6.07) is 9.75. The number of hydrogen-bond donors (Lipinski definition) is 2. The third-order valence-corrected chi connectivity index (χ3v) is 4.32. The summed E-state index contributed by atoms with van der Waals surface area (Å²) < 4.78 is 5.26. The second-order valence-electron chi connectivity index (χ2n) is 6.33. The summed E-state index contributed by atoms with van der Waals surface area (Å²) in [7, 11) is 1.66. The number of benzene rings is 1. The zero-order valence-electron chi connectivity index (χ0n) is 15.0. The Morgan fingerprint density at radius 2 is 2.00 bits per heavy atom. The standard InChI is InChI=1S/C20H26N4O/c1-15-22-19(21-12-11-16-7-4-3-5-8-16)14-20(23-15)24-17-9-6-10-18(13-17)25-2/h6-7,9-10,13-14H,3-5,8,11-12H2,1-2H3,(H2,21,22,23,24). The molecule has 5 nitrogen and oxygen atoms in total. The lowest BCUT2D eigenvalue weighted by Crippen LogP contribution is -2.08. The number of nitrogens with one attached hydrogen (secondary N) is 2. The lowest BCUT2D eigenvalue weighted by atomic mass is 9.97. The van der Waals surface area contributed by atoms with Gasteiger partial charge in [0.25, 0.3) is 0 Å². The number of aromatic nitrogens is 2. The quantitative estimate of drug-likeness (QED) is 0.707. The fourth-order valence-corrected chi connectivity index (χ4v) is 3.05. The molecule has 2 N–H and O–H groups in total. The second kappa shape index (κ2) is 8.51. The van der Waals surface area contributed by atoms with Crippen LogP contribution in [-0.4, -0.2) is 23.6 Å². The highest BCUT2D eigenvalue weighted by Crippen LogP contribution is 2.22. The molecule has 1 aromatic carbocycles. The minimum Gasteiger partial charge on any atom is -0.497 e. The number of anilines is 3. The van der Waals surface area contributed by atoms with Crippen molar-refractivity contribution in [3.8, 4) is 5.75 Å². The van der Waals surface area contributed by atoms with Crippen LogP contribution in [0.2, 0.25) is 0 Å². The number of rotatable bonds is 7. The van der Waals surface area contributed by atoms with E-state index in [1.54, 1.807) is 12.7 Å². The van der Waals surface area contributed by atoms with Crippen molar-refractivity contribution in [2.24, 2.45) is 0 Å². The molecular formula is C20H26N4O. The molecule has 2 aromatic rings. The predicted molar refractivity (Wildman–Crippen MR) is 103 cm³/mol. The van der Waals surface area contributed by atoms with E-state index in [0.29, 0.717) is 0 Å². The molecule has 1 aliphatic rings. The van der Waals surface area contributed by atoms with E-state index in [1.807, 2.05) is 37.3 Å². The first-order chi connectivity index (χ1) is 12.2. The maximum absolute atomic E-state index is 5.26. The van der Waals surface area contributed by atoms with E-state index in [9.17, 15) is 0 Å². The molecule has 0 amide bonds. The van der Waals surface area contributed by atoms with Gasteiger partial charge in [-0.2, -0.15) is 0 Å². The highest BCUT2D eigenvalue weighted by molar-refractivity contribution is 5.60. The van der Waals surface area contributed by atoms with E-state index in [-0.39, 0.29) is 0 Å². The van der Waals surface area contributed by atoms with Gasteiger partial charge in [-0.05, 0) is 51.2 Å². The van der Waals surface area contributed by atoms with Crippen LogP contribution in [0.3, 0.4) is 0 Å². The van der Waals surface area contributed by atoms with E-state index < -0.39 is 0 Å². The number of ether oxygens (including phenoxy) is 1. The van der Waals surface area contributed by atoms with Gasteiger partial charge < -0.3 is 15.4 Å². The van der Waals surface area contributed by atoms with Crippen LogP contribution < -0.4 is 15.4 Å². The minimum absolute atomic E-state index is 0.743. The average Bonchev–Trinajstić information content (AvgIpc) is 2.62. The minimum atomic E-state index is 0.743. The van der Waals surface area contributed by atoms with Gasteiger partial charge in [0.05, 0.1) is 7.11 Å². The normalized spacial score (nSPS) is 13.9. The largest absolute Gasteiger partial charge is 0.497 e. The third-order valence-electron chi connectivity index (χ3n) is 4.32. The first-order valence-electron chi connectivity index (χ1n) is 8.91. The highest BCUT2D eigenvalue weighted by Gasteiger charge is 2.06. The summed E-state index contributed by atoms with van der Waals surface area (Å²) in [5, 5.41) is 6.74. The summed E-state index contributed by atoms with van der Waals surface area (Å²) in [4.78, 5) is 8.95. The summed E-state index contributed by atoms with van der Waals surface area (Å²) >= 11 is 0. The molecule has 3 rings (SSSR count). The van der Waals surface area contributed by atoms with Gasteiger partial charge in [0.15, 0.2) is 0 Å². The molecule has 25 heavy (non-hydrogen) atoms. The van der Waals surface area contributed by atoms with Gasteiger partial charge in [-0.1, -0.05) is 17.7 Å². The molecule has 0 radical (unpaired) electrons. The van der Waals surface area contributed by atoms with Crippen molar-refractivity contribution < 1.29 is 4.74 Å². The summed E-state index contributed by atoms with van der Waals surface area (Å²) in [5.41, 5.74) is 2.51. The average molecular weight is 338 g/mol. The van der Waals surface area contributed by atoms with Gasteiger partial charge in [0.1, 0.15) is 23.2 Å². The number of methoxy groups -OCH3 is 1. The van der Waals surface area contributed by atoms with Crippen molar-refractivity contribution in [2.75, 3.05) is 24.3 Å². The van der Waals surface area contributed by atoms with Crippen LogP contribution in [0.4, 0.5) is 17.3 Å². The van der Waals surface area contributed by atoms with Crippen LogP contribution in [0.5, 0.6) is 5.75 Å². The summed E-state index contributed by atoms with van der Waals surface area (Å²) in [6.45, 7) is 2.81. The third kappa shape index (κ3) is 5.21. The predicted octanol–water partition coefficient (Wildman–Crippen LogP) is 4.84. The SMILES string of the molecule is COc1cccc(Nc2cc(NCCC3=CCCCC3)nc(C)n2)c1. The van der Waals surface area contributed by atoms with Crippen LogP contribution in [0.1, 0.15) is 37.9 Å². The Bertz CT molecular complexity index is 742. The molecular weight excluding hydrogens is 312 g/mol. The molecule has 132 valence electrons. The second-order valence-corrected chi connectivity index (χ2v) is 6.33. The number of nitrogens with zero attached hydrogens (tertiary/aromatic N) is 2. The zero-order valence-corrected chi connectivity index (χ0v) is 15.0. The topological polar surface area (TPSA) is 59.1 Å². The van der Waals surface area contributed by atoms with E-state index >= 15 is 0 Å². The maximum Gasteiger partial charge on any atom is 0.136 e. The fraction of sp³-hybridized carbons (Fsp3) is 0.400. The van der Waals surface area contributed by atoms with Gasteiger partial charge in [-0.3, -0.25) is 0 Å². The van der Waals surface area contributed by atoms with Crippen molar-refractivity contribution in [3.63, 3.8) is 0 Å². The fourth-order valence-electron chi connectivity index (χ4n) is 3.05. The smallest absolute Gasteiger partial charge is 0.136 e. The highest BCUT2D eigenvalue weighted by atomic mass is 16.5. The van der Waals surface area contributed by atoms with Gasteiger partial charge in [0, 0.05) is 24.4 Å². The van der Waals surface area contributed by atoms with Gasteiger partial charge >= 0.3 is 0 Å². The van der Waals surface area contributed by atoms with Crippen molar-refractivity contribution in [1.82, 2.24) is 9.97 Å². The van der Waals surface area contributed by atoms with Crippen LogP contribution in [0, 0.1) is 6.92 Å². The zero-order chi connectivity index (χ0) is 17.5. The molecule has 0 atom stereocenters. The molecule has 1 aromatic heterocycles. The molecule has 0 spiro atoms. The van der Waals surface area contributed by atoms with Gasteiger partial charge in [0.2, 0.25) is 0 Å². The van der Waals surface area contributed by atoms with Crippen LogP contribution in [-0.2, 0) is 0 Å². The van der Waals surface area contributed by atoms with Crippen molar-refractivity contribution in [3.05, 3.63) is 47.8 Å². The van der Waals surface area contributed by atoms with Crippen LogP contribution in [0.25, 0.3) is 0 Å². The van der Waals surface area contributed by atoms with E-state index in [0.717, 1.165) is 41.9 Å². The van der Waals surface area contributed by atoms with Crippen molar-refractivity contribution in [2.45, 2.75) is 39.0 Å². The molecule has 0 unspecified atom stereocenters. The van der Waals surface area contributed by atoms with Gasteiger partial charge in [-0.15, -0.1) is 0 Å². The Labute approximate surface area is 149 Å². The Balaban J connectivity index is 1.62. The number of aryl methyl sites for hydroxylation is 1. The van der Waals surface area contributed by atoms with Crippen molar-refractivity contribution >= 4 is 17.3 Å². The first kappa shape index (κ1) is 17.3. The molecule has 5 heteroatoms. The Kier molecular flexibility index (Phi) is 5.88. The van der Waals surface area contributed by atoms with E-state index in [2.05, 4.69) is 26.7 Å². The Morgan fingerprint density at radius 1 is 1.12 bits per heavy atom. The lowest BCUT2D eigenvalue weighted by molar-refractivity contribution is 0.415. The summed E-state index contributed by atoms with van der Waals surface area (Å²) in [5.74, 6) is 3.19. The molecule has 1 aliphatic carbocycles. The molecule has 0 saturated carbocycles. The monoisotopic (exact) mass is 338 g/mol. The molecule has 0 saturated heterocycles. The number of hydrogen-bond acceptors (Lipinski definition) is 5. The van der Waals surface area contributed by atoms with Crippen molar-refractivity contribution in [1.29, 1.82) is 0 Å². The molecule has 1 heterocycles. The summed E-state index contributed by atoms with van der Waals surface area (Å²) in [6.07, 6.45) is 8.62. The first-order valence-corrected chi connectivity index (χ1v) is 8.91. The van der Waals surface area contributed by atoms with Crippen LogP contribution in [0.15, 0.2) is 42.0 Å². The molecule has 0 bridgehead atoms. The molecule has 0 aliphatic heterocycles. The van der Waals surface area contributed by atoms with E-state index in [4.69, 9.17) is 4.74 Å².